The van der Waals surface area contributed by atoms with Gasteiger partial charge in [0.05, 0.1) is 27.9 Å². The zero-order valence-corrected chi connectivity index (χ0v) is 22.7. The molecule has 2 amide bonds. The number of para-hydroxylation sites is 1. The van der Waals surface area contributed by atoms with Crippen molar-refractivity contribution in [1.82, 2.24) is 14.8 Å². The molecule has 0 saturated carbocycles. The Labute approximate surface area is 228 Å². The Hall–Kier alpha value is -4.46. The van der Waals surface area contributed by atoms with Gasteiger partial charge in [-0.2, -0.15) is 0 Å². The summed E-state index contributed by atoms with van der Waals surface area (Å²) < 4.78 is 18.4. The molecule has 1 unspecified atom stereocenters. The zero-order chi connectivity index (χ0) is 27.6. The molecule has 3 aromatic carbocycles. The van der Waals surface area contributed by atoms with Crippen LogP contribution in [0.15, 0.2) is 72.8 Å². The summed E-state index contributed by atoms with van der Waals surface area (Å²) in [4.78, 5) is 29.5. The number of methoxy groups -OCH3 is 3. The normalized spacial score (nSPS) is 16.6. The molecule has 1 aromatic heterocycles. The van der Waals surface area contributed by atoms with Gasteiger partial charge in [0.2, 0.25) is 11.7 Å². The lowest BCUT2D eigenvalue weighted by Gasteiger charge is -2.44. The van der Waals surface area contributed by atoms with Crippen LogP contribution in [-0.2, 0) is 24.3 Å². The van der Waals surface area contributed by atoms with Crippen molar-refractivity contribution in [2.24, 2.45) is 0 Å². The van der Waals surface area contributed by atoms with Crippen LogP contribution in [-0.4, -0.2) is 54.7 Å². The third kappa shape index (κ3) is 4.78. The van der Waals surface area contributed by atoms with Crippen LogP contribution in [0, 0.1) is 0 Å². The van der Waals surface area contributed by atoms with E-state index in [4.69, 9.17) is 14.2 Å². The van der Waals surface area contributed by atoms with Gasteiger partial charge >= 0.3 is 0 Å². The molecular weight excluding hydrogens is 494 g/mol. The van der Waals surface area contributed by atoms with E-state index in [1.165, 1.54) is 0 Å². The molecule has 0 fully saturated rings. The van der Waals surface area contributed by atoms with Crippen LogP contribution >= 0.6 is 0 Å². The molecule has 8 heteroatoms. The SMILES string of the molecule is COc1cc(CCN2C(=O)c3cc4ccccc4n3CC2(C)C(=O)NCc2ccccc2)cc(OC)c1OC. The van der Waals surface area contributed by atoms with E-state index < -0.39 is 5.54 Å². The van der Waals surface area contributed by atoms with E-state index in [1.54, 1.807) is 26.2 Å². The van der Waals surface area contributed by atoms with E-state index in [-0.39, 0.29) is 11.8 Å². The van der Waals surface area contributed by atoms with Crippen molar-refractivity contribution in [2.75, 3.05) is 27.9 Å². The van der Waals surface area contributed by atoms with Gasteiger partial charge in [0.1, 0.15) is 11.2 Å². The Morgan fingerprint density at radius 1 is 0.897 bits per heavy atom. The molecule has 0 bridgehead atoms. The summed E-state index contributed by atoms with van der Waals surface area (Å²) in [6.45, 7) is 2.90. The molecule has 1 atom stereocenters. The second kappa shape index (κ2) is 10.7. The summed E-state index contributed by atoms with van der Waals surface area (Å²) in [5, 5.41) is 4.05. The number of carbonyl (C=O) groups excluding carboxylic acids is 2. The molecular formula is C31H33N3O5. The summed E-state index contributed by atoms with van der Waals surface area (Å²) >= 11 is 0. The summed E-state index contributed by atoms with van der Waals surface area (Å²) in [7, 11) is 4.70. The molecule has 0 spiro atoms. The smallest absolute Gasteiger partial charge is 0.271 e. The van der Waals surface area contributed by atoms with Gasteiger partial charge in [-0.05, 0) is 48.7 Å². The number of nitrogens with zero attached hydrogens (tertiary/aromatic N) is 2. The van der Waals surface area contributed by atoms with E-state index in [0.29, 0.717) is 49.0 Å². The third-order valence-corrected chi connectivity index (χ3v) is 7.47. The highest BCUT2D eigenvalue weighted by Gasteiger charge is 2.47. The average Bonchev–Trinajstić information content (AvgIpc) is 3.34. The number of hydrogen-bond acceptors (Lipinski definition) is 5. The Kier molecular flexibility index (Phi) is 7.19. The van der Waals surface area contributed by atoms with Gasteiger partial charge in [0.15, 0.2) is 11.5 Å². The monoisotopic (exact) mass is 527 g/mol. The fraction of sp³-hybridized carbons (Fsp3) is 0.290. The Morgan fingerprint density at radius 3 is 2.23 bits per heavy atom. The lowest BCUT2D eigenvalue weighted by atomic mass is 9.93. The van der Waals surface area contributed by atoms with Crippen molar-refractivity contribution in [3.8, 4) is 17.2 Å². The maximum atomic E-state index is 14.0. The summed E-state index contributed by atoms with van der Waals surface area (Å²) in [5.74, 6) is 1.21. The minimum absolute atomic E-state index is 0.178. The lowest BCUT2D eigenvalue weighted by Crippen LogP contribution is -2.64. The molecule has 5 rings (SSSR count). The first kappa shape index (κ1) is 26.2. The van der Waals surface area contributed by atoms with Gasteiger partial charge in [0, 0.05) is 24.0 Å². The first-order chi connectivity index (χ1) is 18.9. The standard InChI is InChI=1S/C31H33N3O5/c1-31(30(36)32-19-21-10-6-5-7-11-21)20-33-24-13-9-8-12-23(24)18-25(33)29(35)34(31)15-14-22-16-26(37-2)28(39-4)27(17-22)38-3/h5-13,16-18H,14-15,19-20H2,1-4H3,(H,32,36). The number of amides is 2. The largest absolute Gasteiger partial charge is 0.493 e. The number of carbonyl (C=O) groups is 2. The van der Waals surface area contributed by atoms with Gasteiger partial charge in [-0.3, -0.25) is 9.59 Å². The predicted octanol–water partition coefficient (Wildman–Crippen LogP) is 4.44. The van der Waals surface area contributed by atoms with Gasteiger partial charge in [0.25, 0.3) is 5.91 Å². The highest BCUT2D eigenvalue weighted by Crippen LogP contribution is 2.39. The van der Waals surface area contributed by atoms with Crippen LogP contribution in [0.3, 0.4) is 0 Å². The van der Waals surface area contributed by atoms with Crippen LogP contribution in [0.1, 0.15) is 28.5 Å². The number of benzene rings is 3. The van der Waals surface area contributed by atoms with Crippen LogP contribution in [0.25, 0.3) is 10.9 Å². The molecule has 0 radical (unpaired) electrons. The summed E-state index contributed by atoms with van der Waals surface area (Å²) in [6, 6.07) is 23.3. The molecule has 1 aliphatic heterocycles. The second-order valence-corrected chi connectivity index (χ2v) is 9.86. The van der Waals surface area contributed by atoms with E-state index >= 15 is 0 Å². The van der Waals surface area contributed by atoms with Crippen molar-refractivity contribution in [3.63, 3.8) is 0 Å². The molecule has 1 aliphatic rings. The number of rotatable bonds is 9. The van der Waals surface area contributed by atoms with Gasteiger partial charge in [-0.15, -0.1) is 0 Å². The van der Waals surface area contributed by atoms with Gasteiger partial charge in [-0.1, -0.05) is 48.5 Å². The van der Waals surface area contributed by atoms with Crippen LogP contribution < -0.4 is 19.5 Å². The quantitative estimate of drug-likeness (QED) is 0.348. The van der Waals surface area contributed by atoms with Crippen molar-refractivity contribution >= 4 is 22.7 Å². The van der Waals surface area contributed by atoms with E-state index in [2.05, 4.69) is 5.32 Å². The van der Waals surface area contributed by atoms with Crippen LogP contribution in [0.4, 0.5) is 0 Å². The zero-order valence-electron chi connectivity index (χ0n) is 22.7. The number of ether oxygens (including phenoxy) is 3. The molecule has 202 valence electrons. The molecule has 1 N–H and O–H groups in total. The van der Waals surface area contributed by atoms with Crippen molar-refractivity contribution in [1.29, 1.82) is 0 Å². The van der Waals surface area contributed by atoms with E-state index in [9.17, 15) is 9.59 Å². The van der Waals surface area contributed by atoms with E-state index in [1.807, 2.05) is 84.3 Å². The molecule has 8 nitrogen and oxygen atoms in total. The second-order valence-electron chi connectivity index (χ2n) is 9.86. The van der Waals surface area contributed by atoms with Crippen molar-refractivity contribution < 1.29 is 23.8 Å². The third-order valence-electron chi connectivity index (χ3n) is 7.47. The fourth-order valence-corrected chi connectivity index (χ4v) is 5.35. The maximum Gasteiger partial charge on any atom is 0.271 e. The molecule has 4 aromatic rings. The topological polar surface area (TPSA) is 82.0 Å². The number of fused-ring (bicyclic) bond motifs is 3. The minimum atomic E-state index is -1.11. The summed E-state index contributed by atoms with van der Waals surface area (Å²) in [6.07, 6.45) is 0.490. The van der Waals surface area contributed by atoms with Crippen molar-refractivity contribution in [2.45, 2.75) is 32.0 Å². The molecule has 0 aliphatic carbocycles. The predicted molar refractivity (Wildman–Crippen MR) is 149 cm³/mol. The van der Waals surface area contributed by atoms with Gasteiger partial charge in [-0.25, -0.2) is 0 Å². The lowest BCUT2D eigenvalue weighted by molar-refractivity contribution is -0.133. The van der Waals surface area contributed by atoms with Crippen LogP contribution in [0.2, 0.25) is 0 Å². The molecule has 39 heavy (non-hydrogen) atoms. The maximum absolute atomic E-state index is 14.0. The molecule has 0 saturated heterocycles. The Balaban J connectivity index is 1.49. The molecule has 2 heterocycles. The minimum Gasteiger partial charge on any atom is -0.493 e. The van der Waals surface area contributed by atoms with Crippen molar-refractivity contribution in [3.05, 3.63) is 89.6 Å². The first-order valence-corrected chi connectivity index (χ1v) is 12.9. The highest BCUT2D eigenvalue weighted by molar-refractivity contribution is 6.03. The Bertz CT molecular complexity index is 1490. The van der Waals surface area contributed by atoms with E-state index in [0.717, 1.165) is 22.0 Å². The number of aromatic nitrogens is 1. The average molecular weight is 528 g/mol. The van der Waals surface area contributed by atoms with Crippen LogP contribution in [0.5, 0.6) is 17.2 Å². The Morgan fingerprint density at radius 2 is 1.56 bits per heavy atom. The summed E-state index contributed by atoms with van der Waals surface area (Å²) in [5.41, 5.74) is 2.30. The highest BCUT2D eigenvalue weighted by atomic mass is 16.5. The number of hydrogen-bond donors (Lipinski definition) is 1. The first-order valence-electron chi connectivity index (χ1n) is 12.9. The fourth-order valence-electron chi connectivity index (χ4n) is 5.35. The van der Waals surface area contributed by atoms with Gasteiger partial charge < -0.3 is 29.0 Å². The number of nitrogens with one attached hydrogen (secondary N) is 1.